The second-order valence-electron chi connectivity index (χ2n) is 11.1. The van der Waals surface area contributed by atoms with Gasteiger partial charge in [-0.2, -0.15) is 0 Å². The maximum absolute atomic E-state index is 13.2. The largest absolute Gasteiger partial charge is 0.420 e. The minimum absolute atomic E-state index is 0.0781. The minimum atomic E-state index is -0.284. The predicted molar refractivity (Wildman–Crippen MR) is 144 cm³/mol. The van der Waals surface area contributed by atoms with Crippen molar-refractivity contribution in [2.24, 2.45) is 17.8 Å². The molecule has 5 heteroatoms. The molecule has 2 atom stereocenters. The van der Waals surface area contributed by atoms with Gasteiger partial charge in [-0.15, -0.1) is 11.3 Å². The summed E-state index contributed by atoms with van der Waals surface area (Å²) in [4.78, 5) is 17.7. The van der Waals surface area contributed by atoms with Crippen LogP contribution in [0.25, 0.3) is 0 Å². The van der Waals surface area contributed by atoms with E-state index in [0.717, 1.165) is 31.7 Å². The van der Waals surface area contributed by atoms with E-state index in [2.05, 4.69) is 81.1 Å². The Morgan fingerprint density at radius 2 is 1.66 bits per heavy atom. The van der Waals surface area contributed by atoms with E-state index in [0.29, 0.717) is 29.4 Å². The third-order valence-electron chi connectivity index (χ3n) is 7.63. The number of carbonyl (C=O) groups is 1. The number of benzene rings is 2. The molecule has 0 N–H and O–H groups in total. The molecule has 1 saturated carbocycles. The monoisotopic (exact) mass is 488 g/mol. The van der Waals surface area contributed by atoms with Crippen LogP contribution in [0.5, 0.6) is 5.06 Å². The Bertz CT molecular complexity index is 1120. The summed E-state index contributed by atoms with van der Waals surface area (Å²) in [6.07, 6.45) is 0.800. The molecule has 2 unspecified atom stereocenters. The summed E-state index contributed by atoms with van der Waals surface area (Å²) in [6.45, 7) is 12.8. The van der Waals surface area contributed by atoms with Crippen LogP contribution in [-0.2, 0) is 18.4 Å². The van der Waals surface area contributed by atoms with E-state index in [-0.39, 0.29) is 11.5 Å². The highest BCUT2D eigenvalue weighted by molar-refractivity contribution is 7.11. The number of likely N-dealkylation sites (tertiary alicyclic amines) is 1. The van der Waals surface area contributed by atoms with Gasteiger partial charge >= 0.3 is 6.09 Å². The molecule has 5 rings (SSSR count). The van der Waals surface area contributed by atoms with Crippen molar-refractivity contribution < 1.29 is 9.53 Å². The van der Waals surface area contributed by atoms with Gasteiger partial charge in [0.1, 0.15) is 0 Å². The number of nitrogens with zero attached hydrogens (tertiary/aromatic N) is 2. The van der Waals surface area contributed by atoms with Crippen LogP contribution in [0.4, 0.5) is 10.5 Å². The lowest BCUT2D eigenvalue weighted by Crippen LogP contribution is -2.37. The zero-order valence-electron chi connectivity index (χ0n) is 21.2. The number of rotatable bonds is 7. The molecule has 2 aliphatic rings. The first-order valence-electron chi connectivity index (χ1n) is 12.8. The Kier molecular flexibility index (Phi) is 6.73. The van der Waals surface area contributed by atoms with E-state index in [1.54, 1.807) is 0 Å². The van der Waals surface area contributed by atoms with Crippen molar-refractivity contribution in [2.45, 2.75) is 46.1 Å². The van der Waals surface area contributed by atoms with Gasteiger partial charge < -0.3 is 4.74 Å². The number of carbonyl (C=O) groups excluding carboxylic acids is 1. The zero-order valence-corrected chi connectivity index (χ0v) is 22.1. The van der Waals surface area contributed by atoms with Crippen molar-refractivity contribution in [1.29, 1.82) is 0 Å². The van der Waals surface area contributed by atoms with Crippen LogP contribution in [0.1, 0.15) is 44.4 Å². The number of amides is 1. The van der Waals surface area contributed by atoms with Gasteiger partial charge in [0.25, 0.3) is 0 Å². The van der Waals surface area contributed by atoms with Crippen LogP contribution in [0.2, 0.25) is 0 Å². The SMILES string of the molecule is CCc1ccc(CN2CC3C(C2)C3CN(C(=O)Oc2cccs2)c2ccc(C(C)(C)C)cc2)cc1. The molecule has 2 heterocycles. The topological polar surface area (TPSA) is 32.8 Å². The maximum atomic E-state index is 13.2. The fraction of sp³-hybridized carbons (Fsp3) is 0.433. The summed E-state index contributed by atoms with van der Waals surface area (Å²) in [6, 6.07) is 21.2. The van der Waals surface area contributed by atoms with Crippen molar-refractivity contribution in [1.82, 2.24) is 4.90 Å². The van der Waals surface area contributed by atoms with Gasteiger partial charge in [-0.05, 0) is 75.9 Å². The molecule has 0 radical (unpaired) electrons. The Balaban J connectivity index is 1.24. The van der Waals surface area contributed by atoms with Crippen LogP contribution in [0, 0.1) is 17.8 Å². The molecule has 2 aromatic carbocycles. The standard InChI is InChI=1S/C30H36N2O2S/c1-5-21-8-10-22(11-9-21)17-31-18-25-26(19-31)27(25)20-32(29(33)34-28-7-6-16-35-28)24-14-12-23(13-15-24)30(2,3)4/h6-16,25-27H,5,17-20H2,1-4H3. The molecule has 1 aromatic heterocycles. The van der Waals surface area contributed by atoms with E-state index in [1.165, 1.54) is 28.0 Å². The first kappa shape index (κ1) is 24.1. The third kappa shape index (κ3) is 5.46. The van der Waals surface area contributed by atoms with Gasteiger partial charge in [0.2, 0.25) is 0 Å². The summed E-state index contributed by atoms with van der Waals surface area (Å²) in [7, 11) is 0. The molecular formula is C30H36N2O2S. The lowest BCUT2D eigenvalue weighted by molar-refractivity contribution is 0.207. The fourth-order valence-corrected chi connectivity index (χ4v) is 5.94. The lowest BCUT2D eigenvalue weighted by Gasteiger charge is -2.26. The summed E-state index contributed by atoms with van der Waals surface area (Å²) < 4.78 is 5.73. The molecule has 4 nitrogen and oxygen atoms in total. The molecule has 0 spiro atoms. The van der Waals surface area contributed by atoms with Gasteiger partial charge in [0, 0.05) is 31.9 Å². The minimum Gasteiger partial charge on any atom is -0.399 e. The number of fused-ring (bicyclic) bond motifs is 1. The van der Waals surface area contributed by atoms with E-state index in [1.807, 2.05) is 22.4 Å². The van der Waals surface area contributed by atoms with Gasteiger partial charge in [-0.25, -0.2) is 4.79 Å². The van der Waals surface area contributed by atoms with Crippen molar-refractivity contribution in [3.63, 3.8) is 0 Å². The number of hydrogen-bond donors (Lipinski definition) is 0. The molecule has 3 aromatic rings. The van der Waals surface area contributed by atoms with E-state index < -0.39 is 0 Å². The van der Waals surface area contributed by atoms with Crippen LogP contribution >= 0.6 is 11.3 Å². The maximum Gasteiger partial charge on any atom is 0.420 e. The smallest absolute Gasteiger partial charge is 0.399 e. The Morgan fingerprint density at radius 3 is 2.23 bits per heavy atom. The van der Waals surface area contributed by atoms with E-state index in [4.69, 9.17) is 4.74 Å². The number of hydrogen-bond acceptors (Lipinski definition) is 4. The number of aryl methyl sites for hydroxylation is 1. The van der Waals surface area contributed by atoms with Crippen LogP contribution < -0.4 is 9.64 Å². The van der Waals surface area contributed by atoms with Crippen molar-refractivity contribution >= 4 is 23.1 Å². The zero-order chi connectivity index (χ0) is 24.6. The quantitative estimate of drug-likeness (QED) is 0.359. The fourth-order valence-electron chi connectivity index (χ4n) is 5.38. The molecule has 184 valence electrons. The Hall–Kier alpha value is -2.63. The number of thiophene rings is 1. The Morgan fingerprint density at radius 1 is 1.00 bits per heavy atom. The highest BCUT2D eigenvalue weighted by atomic mass is 32.1. The normalized spacial score (nSPS) is 21.5. The molecule has 1 amide bonds. The summed E-state index contributed by atoms with van der Waals surface area (Å²) in [5.41, 5.74) is 5.04. The molecule has 2 fully saturated rings. The first-order valence-corrected chi connectivity index (χ1v) is 13.6. The second kappa shape index (κ2) is 9.79. The predicted octanol–water partition coefficient (Wildman–Crippen LogP) is 6.99. The first-order chi connectivity index (χ1) is 16.8. The third-order valence-corrected chi connectivity index (χ3v) is 8.37. The average Bonchev–Trinajstić information content (AvgIpc) is 3.19. The molecule has 1 saturated heterocycles. The average molecular weight is 489 g/mol. The molecule has 1 aliphatic carbocycles. The summed E-state index contributed by atoms with van der Waals surface area (Å²) >= 11 is 1.45. The molecule has 1 aliphatic heterocycles. The van der Waals surface area contributed by atoms with Gasteiger partial charge in [0.15, 0.2) is 5.06 Å². The van der Waals surface area contributed by atoms with Gasteiger partial charge in [-0.1, -0.05) is 64.1 Å². The number of ether oxygens (including phenoxy) is 1. The second-order valence-corrected chi connectivity index (χ2v) is 12.0. The van der Waals surface area contributed by atoms with E-state index in [9.17, 15) is 4.79 Å². The van der Waals surface area contributed by atoms with Crippen molar-refractivity contribution in [3.8, 4) is 5.06 Å². The molecule has 35 heavy (non-hydrogen) atoms. The summed E-state index contributed by atoms with van der Waals surface area (Å²) in [5.74, 6) is 1.86. The number of anilines is 1. The van der Waals surface area contributed by atoms with Crippen LogP contribution in [-0.4, -0.2) is 30.6 Å². The molecule has 0 bridgehead atoms. The highest BCUT2D eigenvalue weighted by Gasteiger charge is 2.56. The van der Waals surface area contributed by atoms with Crippen molar-refractivity contribution in [3.05, 3.63) is 82.7 Å². The molecular weight excluding hydrogens is 452 g/mol. The summed E-state index contributed by atoms with van der Waals surface area (Å²) in [5, 5.41) is 2.57. The Labute approximate surface area is 213 Å². The van der Waals surface area contributed by atoms with Crippen molar-refractivity contribution in [2.75, 3.05) is 24.5 Å². The lowest BCUT2D eigenvalue weighted by atomic mass is 9.87. The van der Waals surface area contributed by atoms with Gasteiger partial charge in [0.05, 0.1) is 0 Å². The van der Waals surface area contributed by atoms with Gasteiger partial charge in [-0.3, -0.25) is 9.80 Å². The highest BCUT2D eigenvalue weighted by Crippen LogP contribution is 2.52. The van der Waals surface area contributed by atoms with Crippen LogP contribution in [0.3, 0.4) is 0 Å². The van der Waals surface area contributed by atoms with Crippen LogP contribution in [0.15, 0.2) is 66.0 Å². The van der Waals surface area contributed by atoms with E-state index >= 15 is 0 Å². The number of piperidine rings is 1.